The van der Waals surface area contributed by atoms with Crippen molar-refractivity contribution in [3.05, 3.63) is 66.0 Å². The van der Waals surface area contributed by atoms with Crippen molar-refractivity contribution in [1.29, 1.82) is 0 Å². The molecule has 4 amide bonds. The van der Waals surface area contributed by atoms with Gasteiger partial charge < -0.3 is 15.2 Å². The smallest absolute Gasteiger partial charge is 0.324 e. The number of aryl methyl sites for hydroxylation is 1. The molecule has 1 fully saturated rings. The van der Waals surface area contributed by atoms with Crippen molar-refractivity contribution in [2.75, 3.05) is 13.1 Å². The Morgan fingerprint density at radius 2 is 1.81 bits per heavy atom. The van der Waals surface area contributed by atoms with E-state index in [1.165, 1.54) is 4.90 Å². The highest BCUT2D eigenvalue weighted by molar-refractivity contribution is 6.04. The fourth-order valence-electron chi connectivity index (χ4n) is 3.97. The molecule has 2 N–H and O–H groups in total. The summed E-state index contributed by atoms with van der Waals surface area (Å²) in [6, 6.07) is 16.6. The van der Waals surface area contributed by atoms with Crippen LogP contribution in [0.1, 0.15) is 24.2 Å². The highest BCUT2D eigenvalue weighted by Crippen LogP contribution is 2.15. The normalized spacial score (nSPS) is 15.9. The summed E-state index contributed by atoms with van der Waals surface area (Å²) in [5, 5.41) is 5.57. The number of rotatable bonds is 9. The van der Waals surface area contributed by atoms with Crippen LogP contribution < -0.4 is 10.6 Å². The second-order valence-electron chi connectivity index (χ2n) is 7.94. The number of para-hydroxylation sites is 2. The summed E-state index contributed by atoms with van der Waals surface area (Å²) in [4.78, 5) is 42.8. The van der Waals surface area contributed by atoms with Crippen molar-refractivity contribution in [2.24, 2.45) is 7.05 Å². The molecule has 2 heterocycles. The molecule has 1 saturated heterocycles. The fraction of sp³-hybridized carbons (Fsp3) is 0.333. The van der Waals surface area contributed by atoms with E-state index < -0.39 is 12.1 Å². The SMILES string of the molecule is Cn1c(CCNC(=O)CC[C@H]2NC(=O)N(CCc3ccccc3)C2=O)nc2ccccc21. The van der Waals surface area contributed by atoms with Crippen LogP contribution in [0.4, 0.5) is 4.79 Å². The van der Waals surface area contributed by atoms with Crippen LogP contribution in [0.25, 0.3) is 11.0 Å². The van der Waals surface area contributed by atoms with E-state index in [-0.39, 0.29) is 24.7 Å². The van der Waals surface area contributed by atoms with Gasteiger partial charge in [0.25, 0.3) is 5.91 Å². The van der Waals surface area contributed by atoms with E-state index >= 15 is 0 Å². The van der Waals surface area contributed by atoms with Gasteiger partial charge in [0.15, 0.2) is 0 Å². The summed E-state index contributed by atoms with van der Waals surface area (Å²) < 4.78 is 2.03. The molecular formula is C24H27N5O3. The maximum Gasteiger partial charge on any atom is 0.324 e. The molecule has 32 heavy (non-hydrogen) atoms. The van der Waals surface area contributed by atoms with Crippen LogP contribution >= 0.6 is 0 Å². The molecule has 166 valence electrons. The Labute approximate surface area is 186 Å². The predicted molar refractivity (Wildman–Crippen MR) is 121 cm³/mol. The van der Waals surface area contributed by atoms with Crippen LogP contribution in [0.2, 0.25) is 0 Å². The van der Waals surface area contributed by atoms with Crippen LogP contribution in [-0.4, -0.2) is 51.4 Å². The molecule has 1 aliphatic rings. The molecular weight excluding hydrogens is 406 g/mol. The molecule has 1 aromatic heterocycles. The first-order valence-corrected chi connectivity index (χ1v) is 10.9. The Morgan fingerprint density at radius 1 is 1.06 bits per heavy atom. The Bertz CT molecular complexity index is 1130. The molecule has 2 aromatic carbocycles. The number of amides is 4. The number of carbonyl (C=O) groups is 3. The third kappa shape index (κ3) is 4.80. The van der Waals surface area contributed by atoms with Crippen molar-refractivity contribution in [1.82, 2.24) is 25.1 Å². The van der Waals surface area contributed by atoms with E-state index in [4.69, 9.17) is 0 Å². The molecule has 8 heteroatoms. The number of imidazole rings is 1. The fourth-order valence-corrected chi connectivity index (χ4v) is 3.97. The van der Waals surface area contributed by atoms with Gasteiger partial charge in [-0.05, 0) is 30.5 Å². The van der Waals surface area contributed by atoms with E-state index in [0.29, 0.717) is 25.9 Å². The summed E-state index contributed by atoms with van der Waals surface area (Å²) in [6.07, 6.45) is 1.68. The van der Waals surface area contributed by atoms with Gasteiger partial charge in [0.1, 0.15) is 11.9 Å². The predicted octanol–water partition coefficient (Wildman–Crippen LogP) is 2.18. The number of carbonyl (C=O) groups excluding carboxylic acids is 3. The topological polar surface area (TPSA) is 96.3 Å². The van der Waals surface area contributed by atoms with Crippen molar-refractivity contribution in [3.8, 4) is 0 Å². The monoisotopic (exact) mass is 433 g/mol. The minimum Gasteiger partial charge on any atom is -0.356 e. The van der Waals surface area contributed by atoms with E-state index in [9.17, 15) is 14.4 Å². The van der Waals surface area contributed by atoms with Crippen LogP contribution in [0, 0.1) is 0 Å². The number of nitrogens with one attached hydrogen (secondary N) is 2. The van der Waals surface area contributed by atoms with Gasteiger partial charge in [-0.3, -0.25) is 14.5 Å². The van der Waals surface area contributed by atoms with E-state index in [1.54, 1.807) is 0 Å². The first-order chi connectivity index (χ1) is 15.5. The van der Waals surface area contributed by atoms with Gasteiger partial charge in [0.05, 0.1) is 11.0 Å². The molecule has 0 saturated carbocycles. The molecule has 0 bridgehead atoms. The molecule has 0 spiro atoms. The van der Waals surface area contributed by atoms with Crippen LogP contribution in [0.5, 0.6) is 0 Å². The number of fused-ring (bicyclic) bond motifs is 1. The van der Waals surface area contributed by atoms with E-state index in [1.807, 2.05) is 66.2 Å². The van der Waals surface area contributed by atoms with Gasteiger partial charge in [-0.2, -0.15) is 0 Å². The lowest BCUT2D eigenvalue weighted by Gasteiger charge is -2.13. The van der Waals surface area contributed by atoms with Crippen molar-refractivity contribution in [2.45, 2.75) is 31.7 Å². The quantitative estimate of drug-likeness (QED) is 0.506. The third-order valence-electron chi connectivity index (χ3n) is 5.78. The molecule has 0 aliphatic carbocycles. The summed E-state index contributed by atoms with van der Waals surface area (Å²) in [5.74, 6) is 0.491. The number of hydrogen-bond donors (Lipinski definition) is 2. The lowest BCUT2D eigenvalue weighted by atomic mass is 10.1. The van der Waals surface area contributed by atoms with Gasteiger partial charge >= 0.3 is 6.03 Å². The summed E-state index contributed by atoms with van der Waals surface area (Å²) in [7, 11) is 1.96. The zero-order valence-corrected chi connectivity index (χ0v) is 18.1. The molecule has 3 aromatic rings. The number of urea groups is 1. The van der Waals surface area contributed by atoms with Gasteiger partial charge in [0.2, 0.25) is 5.91 Å². The lowest BCUT2D eigenvalue weighted by Crippen LogP contribution is -2.34. The summed E-state index contributed by atoms with van der Waals surface area (Å²) in [5.41, 5.74) is 3.06. The summed E-state index contributed by atoms with van der Waals surface area (Å²) in [6.45, 7) is 0.791. The zero-order chi connectivity index (χ0) is 22.5. The average Bonchev–Trinajstić information content (AvgIpc) is 3.27. The Kier molecular flexibility index (Phi) is 6.49. The minimum atomic E-state index is -0.649. The maximum atomic E-state index is 12.6. The Balaban J connectivity index is 1.21. The maximum absolute atomic E-state index is 12.6. The third-order valence-corrected chi connectivity index (χ3v) is 5.78. The van der Waals surface area contributed by atoms with Gasteiger partial charge in [-0.15, -0.1) is 0 Å². The van der Waals surface area contributed by atoms with Gasteiger partial charge in [0, 0.05) is 33.0 Å². The molecule has 0 unspecified atom stereocenters. The number of nitrogens with zero attached hydrogens (tertiary/aromatic N) is 3. The van der Waals surface area contributed by atoms with E-state index in [2.05, 4.69) is 15.6 Å². The van der Waals surface area contributed by atoms with Crippen LogP contribution in [0.3, 0.4) is 0 Å². The summed E-state index contributed by atoms with van der Waals surface area (Å²) >= 11 is 0. The lowest BCUT2D eigenvalue weighted by molar-refractivity contribution is -0.127. The van der Waals surface area contributed by atoms with Gasteiger partial charge in [-0.1, -0.05) is 42.5 Å². The first-order valence-electron chi connectivity index (χ1n) is 10.9. The van der Waals surface area contributed by atoms with Crippen LogP contribution in [-0.2, 0) is 29.5 Å². The van der Waals surface area contributed by atoms with Crippen molar-refractivity contribution >= 4 is 28.9 Å². The highest BCUT2D eigenvalue weighted by atomic mass is 16.2. The highest BCUT2D eigenvalue weighted by Gasteiger charge is 2.37. The number of imide groups is 1. The standard InChI is InChI=1S/C24H27N5O3/c1-28-20-10-6-5-9-18(20)26-21(28)13-15-25-22(30)12-11-19-23(31)29(24(32)27-19)16-14-17-7-3-2-4-8-17/h2-10,19H,11-16H2,1H3,(H,25,30)(H,27,32)/t19-/m1/s1. The number of hydrogen-bond acceptors (Lipinski definition) is 4. The molecule has 1 aliphatic heterocycles. The number of aromatic nitrogens is 2. The minimum absolute atomic E-state index is 0.145. The molecule has 8 nitrogen and oxygen atoms in total. The molecule has 1 atom stereocenters. The Hall–Kier alpha value is -3.68. The largest absolute Gasteiger partial charge is 0.356 e. The second-order valence-corrected chi connectivity index (χ2v) is 7.94. The zero-order valence-electron chi connectivity index (χ0n) is 18.1. The molecule has 0 radical (unpaired) electrons. The van der Waals surface area contributed by atoms with Crippen molar-refractivity contribution in [3.63, 3.8) is 0 Å². The number of benzene rings is 2. The van der Waals surface area contributed by atoms with E-state index in [0.717, 1.165) is 22.4 Å². The Morgan fingerprint density at radius 3 is 2.59 bits per heavy atom. The van der Waals surface area contributed by atoms with Crippen molar-refractivity contribution < 1.29 is 14.4 Å². The van der Waals surface area contributed by atoms with Gasteiger partial charge in [-0.25, -0.2) is 9.78 Å². The average molecular weight is 434 g/mol. The first kappa shape index (κ1) is 21.5. The molecule has 4 rings (SSSR count). The van der Waals surface area contributed by atoms with Crippen LogP contribution in [0.15, 0.2) is 54.6 Å². The second kappa shape index (κ2) is 9.64.